The first-order chi connectivity index (χ1) is 7.78. The molecule has 1 saturated carbocycles. The molecule has 0 radical (unpaired) electrons. The lowest BCUT2D eigenvalue weighted by atomic mass is 10.0. The number of ether oxygens (including phenoxy) is 1. The normalized spacial score (nSPS) is 31.7. The average molecular weight is 241 g/mol. The van der Waals surface area contributed by atoms with Crippen LogP contribution in [0.3, 0.4) is 0 Å². The van der Waals surface area contributed by atoms with Gasteiger partial charge in [-0.2, -0.15) is 0 Å². The topological polar surface area (TPSA) is 66.8 Å². The molecule has 1 aliphatic heterocycles. The number of carboxylic acid groups (broad SMARTS) is 1. The second-order valence-electron chi connectivity index (χ2n) is 5.98. The Balaban J connectivity index is 2.06. The van der Waals surface area contributed by atoms with Gasteiger partial charge in [0.2, 0.25) is 0 Å². The summed E-state index contributed by atoms with van der Waals surface area (Å²) in [6.45, 7) is 5.87. The molecule has 0 spiro atoms. The molecule has 2 aliphatic rings. The number of carbonyl (C=O) groups excluding carboxylic acids is 1. The molecule has 2 fully saturated rings. The Morgan fingerprint density at radius 3 is 2.41 bits per heavy atom. The van der Waals surface area contributed by atoms with Crippen molar-refractivity contribution >= 4 is 12.1 Å². The smallest absolute Gasteiger partial charge is 0.411 e. The fraction of sp³-hybridized carbons (Fsp3) is 0.833. The van der Waals surface area contributed by atoms with Crippen LogP contribution in [-0.4, -0.2) is 40.3 Å². The molecule has 1 heterocycles. The van der Waals surface area contributed by atoms with Crippen LogP contribution in [0.15, 0.2) is 0 Å². The van der Waals surface area contributed by atoms with Gasteiger partial charge in [0, 0.05) is 6.54 Å². The summed E-state index contributed by atoms with van der Waals surface area (Å²) in [5.41, 5.74) is -0.583. The number of fused-ring (bicyclic) bond motifs is 1. The van der Waals surface area contributed by atoms with Crippen LogP contribution in [-0.2, 0) is 9.53 Å². The Morgan fingerprint density at radius 2 is 1.88 bits per heavy atom. The maximum Gasteiger partial charge on any atom is 0.411 e. The second-order valence-corrected chi connectivity index (χ2v) is 5.98. The highest BCUT2D eigenvalue weighted by Crippen LogP contribution is 2.47. The van der Waals surface area contributed by atoms with Crippen molar-refractivity contribution in [2.24, 2.45) is 11.8 Å². The molecule has 0 aromatic carbocycles. The third-order valence-corrected chi connectivity index (χ3v) is 3.32. The summed E-state index contributed by atoms with van der Waals surface area (Å²) in [7, 11) is 0. The first-order valence-corrected chi connectivity index (χ1v) is 6.00. The molecule has 1 N–H and O–H groups in total. The zero-order valence-electron chi connectivity index (χ0n) is 10.5. The number of carboxylic acids is 1. The van der Waals surface area contributed by atoms with Crippen molar-refractivity contribution in [1.29, 1.82) is 0 Å². The Kier molecular flexibility index (Phi) is 2.79. The van der Waals surface area contributed by atoms with Gasteiger partial charge in [-0.15, -0.1) is 0 Å². The molecule has 0 aromatic heterocycles. The minimum absolute atomic E-state index is 0.484. The Bertz CT molecular complexity index is 347. The fourth-order valence-electron chi connectivity index (χ4n) is 2.37. The summed E-state index contributed by atoms with van der Waals surface area (Å²) in [5, 5.41) is 9.14. The molecule has 5 nitrogen and oxygen atoms in total. The third kappa shape index (κ3) is 2.70. The molecule has 1 aliphatic carbocycles. The van der Waals surface area contributed by atoms with Crippen molar-refractivity contribution in [1.82, 2.24) is 4.90 Å². The van der Waals surface area contributed by atoms with Gasteiger partial charge in [0.25, 0.3) is 0 Å². The summed E-state index contributed by atoms with van der Waals surface area (Å²) >= 11 is 0. The van der Waals surface area contributed by atoms with E-state index in [1.165, 1.54) is 4.90 Å². The Labute approximate surface area is 101 Å². The number of carbonyl (C=O) groups is 2. The van der Waals surface area contributed by atoms with Gasteiger partial charge >= 0.3 is 12.1 Å². The van der Waals surface area contributed by atoms with E-state index in [2.05, 4.69) is 0 Å². The average Bonchev–Trinajstić information content (AvgIpc) is 2.90. The van der Waals surface area contributed by atoms with E-state index >= 15 is 0 Å². The van der Waals surface area contributed by atoms with Gasteiger partial charge in [0.1, 0.15) is 11.6 Å². The number of rotatable bonds is 1. The number of hydrogen-bond donors (Lipinski definition) is 1. The van der Waals surface area contributed by atoms with Crippen molar-refractivity contribution in [3.63, 3.8) is 0 Å². The molecular formula is C12H19NO4. The molecule has 0 unspecified atom stereocenters. The van der Waals surface area contributed by atoms with Gasteiger partial charge in [0.15, 0.2) is 0 Å². The van der Waals surface area contributed by atoms with Crippen molar-refractivity contribution in [3.05, 3.63) is 0 Å². The summed E-state index contributed by atoms with van der Waals surface area (Å²) in [6.07, 6.45) is 1.11. The van der Waals surface area contributed by atoms with Crippen LogP contribution in [0.5, 0.6) is 0 Å². The molecule has 17 heavy (non-hydrogen) atoms. The lowest BCUT2D eigenvalue weighted by Gasteiger charge is -2.34. The van der Waals surface area contributed by atoms with Gasteiger partial charge in [-0.05, 0) is 45.4 Å². The number of aliphatic carboxylic acids is 1. The van der Waals surface area contributed by atoms with Crippen LogP contribution < -0.4 is 0 Å². The number of nitrogens with zero attached hydrogens (tertiary/aromatic N) is 1. The lowest BCUT2D eigenvalue weighted by Crippen LogP contribution is -2.50. The van der Waals surface area contributed by atoms with E-state index in [1.54, 1.807) is 20.8 Å². The summed E-state index contributed by atoms with van der Waals surface area (Å²) in [4.78, 5) is 24.5. The van der Waals surface area contributed by atoms with Crippen LogP contribution in [0.25, 0.3) is 0 Å². The van der Waals surface area contributed by atoms with Crippen molar-refractivity contribution in [2.45, 2.75) is 45.3 Å². The van der Waals surface area contributed by atoms with E-state index in [4.69, 9.17) is 9.84 Å². The van der Waals surface area contributed by atoms with Gasteiger partial charge in [-0.25, -0.2) is 9.59 Å². The van der Waals surface area contributed by atoms with Crippen LogP contribution >= 0.6 is 0 Å². The van der Waals surface area contributed by atoms with Crippen LogP contribution in [0.2, 0.25) is 0 Å². The standard InChI is InChI=1S/C12H19NO4/c1-12(2,3)17-11(16)13-6-8-4-7(8)5-9(13)10(14)15/h7-9H,4-6H2,1-3H3,(H,14,15)/t7-,8-,9+/m0/s1. The third-order valence-electron chi connectivity index (χ3n) is 3.32. The van der Waals surface area contributed by atoms with Gasteiger partial charge in [0.05, 0.1) is 0 Å². The summed E-state index contributed by atoms with van der Waals surface area (Å²) in [6, 6.07) is -0.714. The first kappa shape index (κ1) is 12.2. The molecule has 5 heteroatoms. The van der Waals surface area contributed by atoms with Crippen LogP contribution in [0.4, 0.5) is 4.79 Å². The van der Waals surface area contributed by atoms with Crippen LogP contribution in [0.1, 0.15) is 33.6 Å². The Morgan fingerprint density at radius 1 is 1.24 bits per heavy atom. The molecule has 0 aromatic rings. The molecule has 3 atom stereocenters. The highest BCUT2D eigenvalue weighted by molar-refractivity contribution is 5.80. The van der Waals surface area contributed by atoms with E-state index in [0.29, 0.717) is 24.8 Å². The second kappa shape index (κ2) is 3.89. The number of amides is 1. The summed E-state index contributed by atoms with van der Waals surface area (Å²) < 4.78 is 5.25. The first-order valence-electron chi connectivity index (χ1n) is 6.00. The van der Waals surface area contributed by atoms with E-state index < -0.39 is 23.7 Å². The predicted octanol–water partition coefficient (Wildman–Crippen LogP) is 1.72. The SMILES string of the molecule is CC(C)(C)OC(=O)N1C[C@@H]2C[C@H]2C[C@@H]1C(=O)O. The maximum absolute atomic E-state index is 11.9. The van der Waals surface area contributed by atoms with Crippen molar-refractivity contribution < 1.29 is 19.4 Å². The number of likely N-dealkylation sites (tertiary alicyclic amines) is 1. The zero-order chi connectivity index (χ0) is 12.8. The molecule has 2 rings (SSSR count). The van der Waals surface area contributed by atoms with E-state index in [1.807, 2.05) is 0 Å². The largest absolute Gasteiger partial charge is 0.480 e. The number of piperidine rings is 1. The number of hydrogen-bond acceptors (Lipinski definition) is 3. The molecule has 1 amide bonds. The molecule has 1 saturated heterocycles. The lowest BCUT2D eigenvalue weighted by molar-refractivity contribution is -0.144. The van der Waals surface area contributed by atoms with Crippen LogP contribution in [0, 0.1) is 11.8 Å². The molecular weight excluding hydrogens is 222 g/mol. The van der Waals surface area contributed by atoms with Gasteiger partial charge in [-0.1, -0.05) is 0 Å². The monoisotopic (exact) mass is 241 g/mol. The predicted molar refractivity (Wildman–Crippen MR) is 60.6 cm³/mol. The van der Waals surface area contributed by atoms with E-state index in [-0.39, 0.29) is 0 Å². The van der Waals surface area contributed by atoms with E-state index in [9.17, 15) is 9.59 Å². The molecule has 0 bridgehead atoms. The van der Waals surface area contributed by atoms with Crippen molar-refractivity contribution in [3.8, 4) is 0 Å². The minimum Gasteiger partial charge on any atom is -0.480 e. The van der Waals surface area contributed by atoms with Gasteiger partial charge in [-0.3, -0.25) is 4.90 Å². The maximum atomic E-state index is 11.9. The Hall–Kier alpha value is -1.26. The van der Waals surface area contributed by atoms with E-state index in [0.717, 1.165) is 6.42 Å². The minimum atomic E-state index is -0.929. The van der Waals surface area contributed by atoms with Gasteiger partial charge < -0.3 is 9.84 Å². The summed E-state index contributed by atoms with van der Waals surface area (Å²) in [5.74, 6) is 0.0501. The highest BCUT2D eigenvalue weighted by Gasteiger charge is 2.50. The molecule has 96 valence electrons. The fourth-order valence-corrected chi connectivity index (χ4v) is 2.37. The highest BCUT2D eigenvalue weighted by atomic mass is 16.6. The van der Waals surface area contributed by atoms with Crippen molar-refractivity contribution in [2.75, 3.05) is 6.54 Å². The quantitative estimate of drug-likeness (QED) is 0.759. The zero-order valence-corrected chi connectivity index (χ0v) is 10.5.